The minimum atomic E-state index is -0.156. The molecule has 3 aromatic rings. The molecule has 1 aliphatic heterocycles. The molecule has 1 amide bonds. The summed E-state index contributed by atoms with van der Waals surface area (Å²) in [5.74, 6) is 1.79. The first-order valence-corrected chi connectivity index (χ1v) is 8.78. The number of benzene rings is 2. The number of anilines is 1. The van der Waals surface area contributed by atoms with Gasteiger partial charge in [0.1, 0.15) is 5.82 Å². The van der Waals surface area contributed by atoms with E-state index in [1.165, 1.54) is 0 Å². The quantitative estimate of drug-likeness (QED) is 0.768. The molecule has 1 aromatic heterocycles. The van der Waals surface area contributed by atoms with Crippen LogP contribution in [0.1, 0.15) is 29.0 Å². The first-order valence-electron chi connectivity index (χ1n) is 8.78. The van der Waals surface area contributed by atoms with Gasteiger partial charge in [0.05, 0.1) is 26.1 Å². The molecule has 1 N–H and O–H groups in total. The number of rotatable bonds is 4. The van der Waals surface area contributed by atoms with Crippen molar-refractivity contribution in [3.8, 4) is 17.2 Å². The Bertz CT molecular complexity index is 1010. The maximum Gasteiger partial charge on any atom is 0.226 e. The first-order chi connectivity index (χ1) is 13.1. The molecule has 138 valence electrons. The van der Waals surface area contributed by atoms with Crippen LogP contribution in [0.4, 0.5) is 5.82 Å². The molecule has 0 saturated carbocycles. The lowest BCUT2D eigenvalue weighted by molar-refractivity contribution is -0.116. The van der Waals surface area contributed by atoms with E-state index in [9.17, 15) is 4.79 Å². The molecule has 0 aliphatic carbocycles. The highest BCUT2D eigenvalue weighted by Crippen LogP contribution is 2.44. The van der Waals surface area contributed by atoms with E-state index in [0.29, 0.717) is 23.7 Å². The van der Waals surface area contributed by atoms with Gasteiger partial charge >= 0.3 is 0 Å². The lowest BCUT2D eigenvalue weighted by Crippen LogP contribution is -2.25. The second kappa shape index (κ2) is 6.79. The molecule has 1 atom stereocenters. The van der Waals surface area contributed by atoms with Crippen molar-refractivity contribution in [1.29, 1.82) is 0 Å². The first kappa shape index (κ1) is 17.1. The van der Waals surface area contributed by atoms with E-state index < -0.39 is 0 Å². The molecule has 0 spiro atoms. The van der Waals surface area contributed by atoms with Crippen LogP contribution in [0.15, 0.2) is 48.7 Å². The standard InChI is InChI=1S/C21H21N3O3/c1-13-7-4-5-9-17(13)24-21-16(12-22-24)15(11-19(25)23-21)14-8-6-10-18(26-2)20(14)27-3/h4-10,12,15H,11H2,1-3H3,(H,23,25). The zero-order valence-electron chi connectivity index (χ0n) is 15.5. The van der Waals surface area contributed by atoms with E-state index in [2.05, 4.69) is 10.4 Å². The van der Waals surface area contributed by atoms with Crippen LogP contribution in [-0.4, -0.2) is 29.9 Å². The highest BCUT2D eigenvalue weighted by molar-refractivity contribution is 5.95. The summed E-state index contributed by atoms with van der Waals surface area (Å²) in [4.78, 5) is 12.5. The molecule has 2 aromatic carbocycles. The van der Waals surface area contributed by atoms with Crippen molar-refractivity contribution >= 4 is 11.7 Å². The number of para-hydroxylation sites is 2. The van der Waals surface area contributed by atoms with Gasteiger partial charge in [0, 0.05) is 23.5 Å². The van der Waals surface area contributed by atoms with Gasteiger partial charge < -0.3 is 14.8 Å². The average Bonchev–Trinajstić information content (AvgIpc) is 3.10. The minimum absolute atomic E-state index is 0.0484. The smallest absolute Gasteiger partial charge is 0.226 e. The lowest BCUT2D eigenvalue weighted by Gasteiger charge is -2.25. The summed E-state index contributed by atoms with van der Waals surface area (Å²) in [6.07, 6.45) is 2.15. The number of nitrogens with zero attached hydrogens (tertiary/aromatic N) is 2. The fourth-order valence-corrected chi connectivity index (χ4v) is 3.67. The second-order valence-electron chi connectivity index (χ2n) is 6.53. The molecule has 4 rings (SSSR count). The van der Waals surface area contributed by atoms with Gasteiger partial charge in [-0.15, -0.1) is 0 Å². The molecule has 0 fully saturated rings. The Labute approximate surface area is 157 Å². The third kappa shape index (κ3) is 2.83. The molecule has 2 heterocycles. The Morgan fingerprint density at radius 1 is 1.07 bits per heavy atom. The molecule has 27 heavy (non-hydrogen) atoms. The number of carbonyl (C=O) groups is 1. The largest absolute Gasteiger partial charge is 0.493 e. The predicted octanol–water partition coefficient (Wildman–Crippen LogP) is 3.67. The summed E-state index contributed by atoms with van der Waals surface area (Å²) in [5, 5.41) is 7.56. The van der Waals surface area contributed by atoms with Gasteiger partial charge in [0.2, 0.25) is 5.91 Å². The van der Waals surface area contributed by atoms with E-state index in [0.717, 1.165) is 22.4 Å². The van der Waals surface area contributed by atoms with Crippen LogP contribution in [0.25, 0.3) is 5.69 Å². The van der Waals surface area contributed by atoms with Crippen molar-refractivity contribution in [2.24, 2.45) is 0 Å². The third-order valence-corrected chi connectivity index (χ3v) is 4.97. The van der Waals surface area contributed by atoms with Crippen LogP contribution in [0.5, 0.6) is 11.5 Å². The summed E-state index contributed by atoms with van der Waals surface area (Å²) < 4.78 is 12.8. The molecular weight excluding hydrogens is 342 g/mol. The van der Waals surface area contributed by atoms with Crippen molar-refractivity contribution < 1.29 is 14.3 Å². The molecule has 6 heteroatoms. The number of aryl methyl sites for hydroxylation is 1. The number of carbonyl (C=O) groups excluding carboxylic acids is 1. The van der Waals surface area contributed by atoms with E-state index in [1.807, 2.05) is 55.6 Å². The predicted molar refractivity (Wildman–Crippen MR) is 103 cm³/mol. The molecule has 0 radical (unpaired) electrons. The van der Waals surface area contributed by atoms with Crippen molar-refractivity contribution in [1.82, 2.24) is 9.78 Å². The van der Waals surface area contributed by atoms with Crippen LogP contribution < -0.4 is 14.8 Å². The van der Waals surface area contributed by atoms with Crippen LogP contribution in [0, 0.1) is 6.92 Å². The number of hydrogen-bond donors (Lipinski definition) is 1. The van der Waals surface area contributed by atoms with Crippen LogP contribution in [0.2, 0.25) is 0 Å². The lowest BCUT2D eigenvalue weighted by atomic mass is 9.86. The summed E-state index contributed by atoms with van der Waals surface area (Å²) in [6.45, 7) is 2.02. The Hall–Kier alpha value is -3.28. The monoisotopic (exact) mass is 363 g/mol. The summed E-state index contributed by atoms with van der Waals surface area (Å²) in [6, 6.07) is 13.7. The van der Waals surface area contributed by atoms with Crippen molar-refractivity contribution in [2.45, 2.75) is 19.3 Å². The van der Waals surface area contributed by atoms with Gasteiger partial charge in [-0.05, 0) is 24.6 Å². The van der Waals surface area contributed by atoms with Crippen molar-refractivity contribution in [3.63, 3.8) is 0 Å². The third-order valence-electron chi connectivity index (χ3n) is 4.97. The normalized spacial score (nSPS) is 15.8. The molecule has 0 bridgehead atoms. The van der Waals surface area contributed by atoms with Crippen molar-refractivity contribution in [2.75, 3.05) is 19.5 Å². The van der Waals surface area contributed by atoms with Crippen molar-refractivity contribution in [3.05, 3.63) is 65.4 Å². The SMILES string of the molecule is COc1cccc(C2CC(=O)Nc3c2cnn3-c2ccccc2C)c1OC. The van der Waals surface area contributed by atoms with Gasteiger partial charge in [-0.3, -0.25) is 4.79 Å². The van der Waals surface area contributed by atoms with Crippen LogP contribution in [-0.2, 0) is 4.79 Å². The van der Waals surface area contributed by atoms with E-state index in [-0.39, 0.29) is 11.8 Å². The van der Waals surface area contributed by atoms with Gasteiger partial charge in [0.15, 0.2) is 11.5 Å². The highest BCUT2D eigenvalue weighted by Gasteiger charge is 2.33. The summed E-state index contributed by atoms with van der Waals surface area (Å²) in [5.41, 5.74) is 3.90. The number of nitrogens with one attached hydrogen (secondary N) is 1. The van der Waals surface area contributed by atoms with E-state index in [4.69, 9.17) is 9.47 Å². The van der Waals surface area contributed by atoms with E-state index in [1.54, 1.807) is 18.9 Å². The van der Waals surface area contributed by atoms with E-state index >= 15 is 0 Å². The number of amides is 1. The summed E-state index contributed by atoms with van der Waals surface area (Å²) in [7, 11) is 3.22. The minimum Gasteiger partial charge on any atom is -0.493 e. The van der Waals surface area contributed by atoms with Gasteiger partial charge in [0.25, 0.3) is 0 Å². The molecule has 0 saturated heterocycles. The Morgan fingerprint density at radius 3 is 2.63 bits per heavy atom. The molecule has 6 nitrogen and oxygen atoms in total. The fraction of sp³-hybridized carbons (Fsp3) is 0.238. The van der Waals surface area contributed by atoms with Gasteiger partial charge in [-0.2, -0.15) is 5.10 Å². The van der Waals surface area contributed by atoms with Gasteiger partial charge in [-0.1, -0.05) is 30.3 Å². The van der Waals surface area contributed by atoms with Crippen LogP contribution >= 0.6 is 0 Å². The number of fused-ring (bicyclic) bond motifs is 1. The average molecular weight is 363 g/mol. The Balaban J connectivity index is 1.87. The number of hydrogen-bond acceptors (Lipinski definition) is 4. The second-order valence-corrected chi connectivity index (χ2v) is 6.53. The van der Waals surface area contributed by atoms with Crippen LogP contribution in [0.3, 0.4) is 0 Å². The number of ether oxygens (including phenoxy) is 2. The highest BCUT2D eigenvalue weighted by atomic mass is 16.5. The molecule has 1 unspecified atom stereocenters. The topological polar surface area (TPSA) is 65.4 Å². The molecular formula is C21H21N3O3. The zero-order valence-corrected chi connectivity index (χ0v) is 15.5. The Kier molecular flexibility index (Phi) is 4.32. The number of methoxy groups -OCH3 is 2. The fourth-order valence-electron chi connectivity index (χ4n) is 3.67. The Morgan fingerprint density at radius 2 is 1.89 bits per heavy atom. The number of aromatic nitrogens is 2. The van der Waals surface area contributed by atoms with Gasteiger partial charge in [-0.25, -0.2) is 4.68 Å². The summed E-state index contributed by atoms with van der Waals surface area (Å²) >= 11 is 0. The molecule has 1 aliphatic rings. The maximum atomic E-state index is 12.5. The zero-order chi connectivity index (χ0) is 19.0. The maximum absolute atomic E-state index is 12.5.